The number of hydrogen-bond donors (Lipinski definition) is 9. The minimum absolute atomic E-state index is 0.376. The lowest BCUT2D eigenvalue weighted by Gasteiger charge is -2.41. The van der Waals surface area contributed by atoms with E-state index in [2.05, 4.69) is 9.52 Å². The third-order valence-corrected chi connectivity index (χ3v) is 3.31. The quantitative estimate of drug-likeness (QED) is 0.136. The lowest BCUT2D eigenvalue weighted by molar-refractivity contribution is -0.540. The second-order valence-electron chi connectivity index (χ2n) is 4.24. The van der Waals surface area contributed by atoms with E-state index in [9.17, 15) is 19.9 Å². The summed E-state index contributed by atoms with van der Waals surface area (Å²) in [5.74, 6) is -0.376. The Hall–Kier alpha value is -0.780. The van der Waals surface area contributed by atoms with Crippen LogP contribution >= 0.6 is 7.82 Å². The summed E-state index contributed by atoms with van der Waals surface area (Å²) < 4.78 is 15.2. The predicted octanol–water partition coefficient (Wildman–Crippen LogP) is -6.39. The fraction of sp³-hybridized carbons (Fsp3) is 0.857. The maximum atomic E-state index is 10.8. The van der Waals surface area contributed by atoms with Gasteiger partial charge in [0, 0.05) is 0 Å². The van der Waals surface area contributed by atoms with Gasteiger partial charge in [-0.3, -0.25) is 21.0 Å². The summed E-state index contributed by atoms with van der Waals surface area (Å²) in [5.41, 5.74) is 15.8. The molecule has 0 heterocycles. The maximum Gasteiger partial charge on any atom is 0.470 e. The van der Waals surface area contributed by atoms with E-state index in [1.54, 1.807) is 0 Å². The number of guanidine groups is 1. The Morgan fingerprint density at radius 2 is 1.63 bits per heavy atom. The molecule has 0 spiro atoms. The summed E-state index contributed by atoms with van der Waals surface area (Å²) in [4.78, 5) is 19.8. The minimum atomic E-state index is -4.98. The van der Waals surface area contributed by atoms with E-state index in [0.29, 0.717) is 0 Å². The first kappa shape index (κ1) is 16.3. The van der Waals surface area contributed by atoms with Crippen LogP contribution in [0.2, 0.25) is 0 Å². The van der Waals surface area contributed by atoms with Crippen molar-refractivity contribution in [3.63, 3.8) is 0 Å². The molecule has 19 heavy (non-hydrogen) atoms. The molecule has 1 aliphatic carbocycles. The summed E-state index contributed by atoms with van der Waals surface area (Å²) in [6, 6.07) is -2.57. The third kappa shape index (κ3) is 3.84. The summed E-state index contributed by atoms with van der Waals surface area (Å²) in [6.45, 7) is 0. The Bertz CT molecular complexity index is 397. The van der Waals surface area contributed by atoms with Gasteiger partial charge < -0.3 is 30.8 Å². The van der Waals surface area contributed by atoms with Gasteiger partial charge in [-0.15, -0.1) is 0 Å². The number of hydrogen-bond acceptors (Lipinski definition) is 6. The van der Waals surface area contributed by atoms with Gasteiger partial charge in [-0.1, -0.05) is 0 Å². The van der Waals surface area contributed by atoms with Crippen LogP contribution in [0.15, 0.2) is 0 Å². The van der Waals surface area contributed by atoms with Crippen LogP contribution in [0.3, 0.4) is 0 Å². The van der Waals surface area contributed by atoms with Crippen molar-refractivity contribution in [1.29, 1.82) is 0 Å². The minimum Gasteiger partial charge on any atom is -0.389 e. The van der Waals surface area contributed by atoms with Crippen molar-refractivity contribution >= 4 is 13.8 Å². The Morgan fingerprint density at radius 3 is 2.05 bits per heavy atom. The smallest absolute Gasteiger partial charge is 0.389 e. The Kier molecular flexibility index (Phi) is 4.87. The molecule has 11 nitrogen and oxygen atoms in total. The molecule has 0 aromatic carbocycles. The third-order valence-electron chi connectivity index (χ3n) is 2.79. The Balaban J connectivity index is 3.11. The number of nitrogens with one attached hydrogen (secondary N) is 1. The largest absolute Gasteiger partial charge is 0.470 e. The highest BCUT2D eigenvalue weighted by Gasteiger charge is 2.51. The lowest BCUT2D eigenvalue weighted by Crippen LogP contribution is -2.93. The average Bonchev–Trinajstić information content (AvgIpc) is 2.26. The van der Waals surface area contributed by atoms with Crippen molar-refractivity contribution in [2.24, 2.45) is 17.2 Å². The van der Waals surface area contributed by atoms with E-state index >= 15 is 0 Å². The van der Waals surface area contributed by atoms with Gasteiger partial charge in [0.2, 0.25) is 0 Å². The van der Waals surface area contributed by atoms with Gasteiger partial charge in [0.25, 0.3) is 0 Å². The SMILES string of the molecule is NC(N)=[NH+][C@@H]1[C@@H](O)[C@H](N)[C@@H](O)[C@H](O)[C@H]1OP(=O)(O)O. The molecule has 0 saturated heterocycles. The highest BCUT2D eigenvalue weighted by atomic mass is 31.2. The average molecular weight is 301 g/mol. The zero-order chi connectivity index (χ0) is 15.0. The molecule has 1 rings (SSSR count). The molecular formula is C7H18N4O7P+. The maximum absolute atomic E-state index is 10.8. The Labute approximate surface area is 107 Å². The monoisotopic (exact) mass is 301 g/mol. The number of aliphatic hydroxyl groups excluding tert-OH is 3. The van der Waals surface area contributed by atoms with E-state index < -0.39 is 44.3 Å². The molecule has 0 unspecified atom stereocenters. The van der Waals surface area contributed by atoms with Crippen molar-refractivity contribution in [3.05, 3.63) is 0 Å². The van der Waals surface area contributed by atoms with Gasteiger partial charge in [-0.25, -0.2) is 4.57 Å². The first-order valence-corrected chi connectivity index (χ1v) is 6.76. The molecule has 12 heteroatoms. The van der Waals surface area contributed by atoms with Gasteiger partial charge >= 0.3 is 13.8 Å². The van der Waals surface area contributed by atoms with Gasteiger partial charge in [-0.2, -0.15) is 0 Å². The number of rotatable bonds is 3. The van der Waals surface area contributed by atoms with E-state index in [4.69, 9.17) is 27.0 Å². The Morgan fingerprint density at radius 1 is 1.11 bits per heavy atom. The number of aliphatic hydroxyl groups is 3. The van der Waals surface area contributed by atoms with E-state index in [0.717, 1.165) is 0 Å². The van der Waals surface area contributed by atoms with Gasteiger partial charge in [-0.05, 0) is 0 Å². The molecule has 112 valence electrons. The zero-order valence-electron chi connectivity index (χ0n) is 9.70. The number of phosphoric ester groups is 1. The van der Waals surface area contributed by atoms with Crippen LogP contribution in [-0.4, -0.2) is 67.6 Å². The van der Waals surface area contributed by atoms with Crippen molar-refractivity contribution < 1.29 is 39.2 Å². The van der Waals surface area contributed by atoms with Crippen molar-refractivity contribution in [3.8, 4) is 0 Å². The summed E-state index contributed by atoms with van der Waals surface area (Å²) in [5, 5.41) is 29.1. The molecule has 0 amide bonds. The first-order valence-electron chi connectivity index (χ1n) is 5.22. The van der Waals surface area contributed by atoms with Gasteiger partial charge in [0.1, 0.15) is 30.5 Å². The van der Waals surface area contributed by atoms with Crippen LogP contribution in [0.1, 0.15) is 0 Å². The van der Waals surface area contributed by atoms with Gasteiger partial charge in [0.15, 0.2) is 0 Å². The summed E-state index contributed by atoms with van der Waals surface area (Å²) in [7, 11) is -4.98. The lowest BCUT2D eigenvalue weighted by atomic mass is 9.82. The van der Waals surface area contributed by atoms with Crippen LogP contribution < -0.4 is 22.2 Å². The molecule has 12 N–H and O–H groups in total. The predicted molar refractivity (Wildman–Crippen MR) is 61.0 cm³/mol. The molecule has 6 atom stereocenters. The van der Waals surface area contributed by atoms with E-state index in [1.807, 2.05) is 0 Å². The molecule has 0 aliphatic heterocycles. The fourth-order valence-electron chi connectivity index (χ4n) is 1.92. The van der Waals surface area contributed by atoms with Crippen molar-refractivity contribution in [2.45, 2.75) is 36.5 Å². The molecule has 0 bridgehead atoms. The molecule has 0 radical (unpaired) electrons. The highest BCUT2D eigenvalue weighted by Crippen LogP contribution is 2.40. The number of nitrogens with two attached hydrogens (primary N) is 3. The van der Waals surface area contributed by atoms with Crippen LogP contribution in [0.5, 0.6) is 0 Å². The molecule has 1 fully saturated rings. The van der Waals surface area contributed by atoms with Crippen LogP contribution in [-0.2, 0) is 9.09 Å². The summed E-state index contributed by atoms with van der Waals surface area (Å²) in [6.07, 6.45) is -6.55. The fourth-order valence-corrected chi connectivity index (χ4v) is 2.49. The van der Waals surface area contributed by atoms with Gasteiger partial charge in [0.05, 0.1) is 6.04 Å². The first-order chi connectivity index (χ1) is 8.54. The number of phosphoric acid groups is 1. The molecule has 0 aromatic rings. The van der Waals surface area contributed by atoms with E-state index in [-0.39, 0.29) is 5.96 Å². The van der Waals surface area contributed by atoms with Crippen LogP contribution in [0.4, 0.5) is 0 Å². The van der Waals surface area contributed by atoms with Crippen molar-refractivity contribution in [2.75, 3.05) is 0 Å². The topological polar surface area (TPSA) is 219 Å². The molecular weight excluding hydrogens is 283 g/mol. The molecule has 0 aromatic heterocycles. The highest BCUT2D eigenvalue weighted by molar-refractivity contribution is 7.46. The second kappa shape index (κ2) is 5.69. The zero-order valence-corrected chi connectivity index (χ0v) is 10.6. The summed E-state index contributed by atoms with van der Waals surface area (Å²) >= 11 is 0. The molecule has 1 aliphatic rings. The van der Waals surface area contributed by atoms with Crippen molar-refractivity contribution in [1.82, 2.24) is 0 Å². The normalized spacial score (nSPS) is 39.9. The van der Waals surface area contributed by atoms with E-state index in [1.165, 1.54) is 0 Å². The standard InChI is InChI=1S/C7H17N4O7P/c8-1-3(12)2(11-7(9)10)6(5(14)4(1)13)18-19(15,16)17/h1-6,12-14H,8H2,(H4,9,10,11)(H2,15,16,17)/p+1/t1-,2+,3-,4+,5-,6-/m0/s1. The second-order valence-corrected chi connectivity index (χ2v) is 5.43. The van der Waals surface area contributed by atoms with Crippen LogP contribution in [0, 0.1) is 0 Å². The molecule has 1 saturated carbocycles. The van der Waals surface area contributed by atoms with Crippen LogP contribution in [0.25, 0.3) is 0 Å².